The van der Waals surface area contributed by atoms with Gasteiger partial charge in [0.05, 0.1) is 54.3 Å². The summed E-state index contributed by atoms with van der Waals surface area (Å²) in [4.78, 5) is 18.7. The molecule has 0 radical (unpaired) electrons. The van der Waals surface area contributed by atoms with E-state index in [1.165, 1.54) is 26.9 Å². The molecule has 3 aromatic heterocycles. The van der Waals surface area contributed by atoms with Gasteiger partial charge in [-0.2, -0.15) is 0 Å². The molecule has 2 N–H and O–H groups in total. The maximum atomic E-state index is 6.20. The molecule has 1 saturated heterocycles. The molecule has 5 heterocycles. The minimum absolute atomic E-state index is 0.176. The van der Waals surface area contributed by atoms with Crippen LogP contribution in [0.15, 0.2) is 5.16 Å². The quantitative estimate of drug-likeness (QED) is 0.494. The second-order valence-electron chi connectivity index (χ2n) is 9.18. The van der Waals surface area contributed by atoms with Gasteiger partial charge >= 0.3 is 0 Å². The van der Waals surface area contributed by atoms with Gasteiger partial charge in [0, 0.05) is 17.4 Å². The molecular formula is C22H30N5OS2+. The van der Waals surface area contributed by atoms with E-state index in [1.54, 1.807) is 23.1 Å². The van der Waals surface area contributed by atoms with Crippen LogP contribution < -0.4 is 10.2 Å². The molecule has 0 atom stereocenters. The van der Waals surface area contributed by atoms with Crippen molar-refractivity contribution in [3.05, 3.63) is 16.8 Å². The molecule has 6 nitrogen and oxygen atoms in total. The number of nitrogens with two attached hydrogens (primary N) is 1. The number of piperazine rings is 1. The van der Waals surface area contributed by atoms with E-state index in [2.05, 4.69) is 44.2 Å². The number of nitrogens with zero attached hydrogens (tertiary/aromatic N) is 4. The van der Waals surface area contributed by atoms with Crippen molar-refractivity contribution in [2.75, 3.05) is 37.3 Å². The van der Waals surface area contributed by atoms with Crippen molar-refractivity contribution >= 4 is 49.3 Å². The monoisotopic (exact) mass is 444 g/mol. The van der Waals surface area contributed by atoms with E-state index in [4.69, 9.17) is 19.7 Å². The highest BCUT2D eigenvalue weighted by atomic mass is 32.2. The smallest absolute Gasteiger partial charge is 0.189 e. The second kappa shape index (κ2) is 7.58. The molecule has 0 spiro atoms. The van der Waals surface area contributed by atoms with Crippen molar-refractivity contribution in [3.63, 3.8) is 0 Å². The number of rotatable bonds is 3. The molecule has 2 aliphatic heterocycles. The van der Waals surface area contributed by atoms with E-state index >= 15 is 0 Å². The number of anilines is 1. The first-order chi connectivity index (χ1) is 14.4. The fourth-order valence-corrected chi connectivity index (χ4v) is 6.14. The number of quaternary nitrogens is 1. The summed E-state index contributed by atoms with van der Waals surface area (Å²) in [5, 5.41) is 4.46. The molecule has 0 saturated carbocycles. The number of thioether (sulfide) groups is 1. The highest BCUT2D eigenvalue weighted by Gasteiger charge is 2.33. The summed E-state index contributed by atoms with van der Waals surface area (Å²) in [5.74, 6) is 1.45. The van der Waals surface area contributed by atoms with Gasteiger partial charge in [0.1, 0.15) is 4.83 Å². The van der Waals surface area contributed by atoms with Gasteiger partial charge in [-0.15, -0.1) is 11.3 Å². The van der Waals surface area contributed by atoms with Crippen molar-refractivity contribution in [2.45, 2.75) is 57.4 Å². The molecule has 30 heavy (non-hydrogen) atoms. The lowest BCUT2D eigenvalue weighted by Crippen LogP contribution is -2.89. The summed E-state index contributed by atoms with van der Waals surface area (Å²) in [6, 6.07) is 0. The van der Waals surface area contributed by atoms with E-state index < -0.39 is 0 Å². The Morgan fingerprint density at radius 2 is 1.90 bits per heavy atom. The van der Waals surface area contributed by atoms with Gasteiger partial charge in [0.15, 0.2) is 11.0 Å². The molecule has 2 aliphatic rings. The average Bonchev–Trinajstić information content (AvgIpc) is 3.10. The molecular weight excluding hydrogens is 414 g/mol. The first kappa shape index (κ1) is 20.4. The van der Waals surface area contributed by atoms with Gasteiger partial charge < -0.3 is 15.0 Å². The number of hydrogen-bond acceptors (Lipinski definition) is 7. The van der Waals surface area contributed by atoms with Crippen LogP contribution >= 0.6 is 23.1 Å². The number of ether oxygens (including phenoxy) is 1. The third-order valence-electron chi connectivity index (χ3n) is 6.12. The summed E-state index contributed by atoms with van der Waals surface area (Å²) in [6.07, 6.45) is 2.95. The van der Waals surface area contributed by atoms with Crippen molar-refractivity contribution in [3.8, 4) is 0 Å². The van der Waals surface area contributed by atoms with Gasteiger partial charge in [-0.3, -0.25) is 0 Å². The Labute approximate surface area is 185 Å². The summed E-state index contributed by atoms with van der Waals surface area (Å²) in [6.45, 7) is 13.7. The molecule has 1 fully saturated rings. The minimum Gasteiger partial charge on any atom is -0.370 e. The number of pyridine rings is 1. The van der Waals surface area contributed by atoms with Crippen LogP contribution in [0.3, 0.4) is 0 Å². The Hall–Kier alpha value is -1.48. The average molecular weight is 445 g/mol. The Bertz CT molecular complexity index is 1120. The number of thiophene rings is 1. The third kappa shape index (κ3) is 3.38. The Balaban J connectivity index is 1.83. The standard InChI is InChI=1S/C22H29N5OS2/c1-12(2)16-14-11-28-22(3,4)10-13(14)15-17-18(30-20(15)24-16)19(26-21(25-17)29-5)27-8-6-23-7-9-27/h12,23H,6-11H2,1-5H3/p+1. The van der Waals surface area contributed by atoms with E-state index in [0.29, 0.717) is 12.5 Å². The topological polar surface area (TPSA) is 67.8 Å². The van der Waals surface area contributed by atoms with Crippen molar-refractivity contribution < 1.29 is 10.1 Å². The first-order valence-corrected chi connectivity index (χ1v) is 12.8. The molecule has 0 bridgehead atoms. The van der Waals surface area contributed by atoms with E-state index in [-0.39, 0.29) is 5.60 Å². The SMILES string of the molecule is CSc1nc(N2CC[NH2+]CC2)c2sc3nc(C(C)C)c4c(c3c2n1)CC(C)(C)OC4. The van der Waals surface area contributed by atoms with Crippen LogP contribution in [-0.4, -0.2) is 53.0 Å². The Kier molecular flexibility index (Phi) is 5.16. The summed E-state index contributed by atoms with van der Waals surface area (Å²) in [7, 11) is 0. The summed E-state index contributed by atoms with van der Waals surface area (Å²) in [5.41, 5.74) is 4.73. The van der Waals surface area contributed by atoms with Crippen LogP contribution in [0.25, 0.3) is 20.4 Å². The largest absolute Gasteiger partial charge is 0.370 e. The molecule has 0 aromatic carbocycles. The van der Waals surface area contributed by atoms with Crippen molar-refractivity contribution in [1.29, 1.82) is 0 Å². The predicted molar refractivity (Wildman–Crippen MR) is 125 cm³/mol. The van der Waals surface area contributed by atoms with Crippen LogP contribution in [0, 0.1) is 0 Å². The fraction of sp³-hybridized carbons (Fsp3) is 0.591. The van der Waals surface area contributed by atoms with Crippen LogP contribution in [0.1, 0.15) is 50.4 Å². The third-order valence-corrected chi connectivity index (χ3v) is 7.74. The van der Waals surface area contributed by atoms with Crippen LogP contribution in [0.5, 0.6) is 0 Å². The molecule has 3 aromatic rings. The second-order valence-corrected chi connectivity index (χ2v) is 11.0. The first-order valence-electron chi connectivity index (χ1n) is 10.8. The lowest BCUT2D eigenvalue weighted by molar-refractivity contribution is -0.655. The fourth-order valence-electron chi connectivity index (χ4n) is 4.61. The molecule has 5 rings (SSSR count). The molecule has 0 unspecified atom stereocenters. The normalized spacial score (nSPS) is 19.1. The molecule has 0 aliphatic carbocycles. The van der Waals surface area contributed by atoms with Crippen LogP contribution in [-0.2, 0) is 17.8 Å². The van der Waals surface area contributed by atoms with Gasteiger partial charge in [-0.25, -0.2) is 15.0 Å². The number of aromatic nitrogens is 3. The molecule has 160 valence electrons. The Morgan fingerprint density at radius 1 is 1.13 bits per heavy atom. The van der Waals surface area contributed by atoms with Gasteiger partial charge in [-0.05, 0) is 31.6 Å². The number of fused-ring (bicyclic) bond motifs is 5. The van der Waals surface area contributed by atoms with Crippen molar-refractivity contribution in [2.24, 2.45) is 0 Å². The van der Waals surface area contributed by atoms with Gasteiger partial charge in [0.2, 0.25) is 0 Å². The highest BCUT2D eigenvalue weighted by Crippen LogP contribution is 2.44. The van der Waals surface area contributed by atoms with Crippen molar-refractivity contribution in [1.82, 2.24) is 15.0 Å². The molecule has 8 heteroatoms. The predicted octanol–water partition coefficient (Wildman–Crippen LogP) is 3.32. The summed E-state index contributed by atoms with van der Waals surface area (Å²) >= 11 is 3.39. The summed E-state index contributed by atoms with van der Waals surface area (Å²) < 4.78 is 7.38. The maximum absolute atomic E-state index is 6.20. The van der Waals surface area contributed by atoms with Gasteiger partial charge in [0.25, 0.3) is 0 Å². The van der Waals surface area contributed by atoms with E-state index in [0.717, 1.165) is 53.9 Å². The zero-order valence-corrected chi connectivity index (χ0v) is 20.0. The molecule has 0 amide bonds. The number of hydrogen-bond donors (Lipinski definition) is 1. The zero-order chi connectivity index (χ0) is 21.0. The Morgan fingerprint density at radius 3 is 2.60 bits per heavy atom. The lowest BCUT2D eigenvalue weighted by atomic mass is 9.87. The minimum atomic E-state index is -0.176. The highest BCUT2D eigenvalue weighted by molar-refractivity contribution is 7.98. The van der Waals surface area contributed by atoms with Crippen LogP contribution in [0.2, 0.25) is 0 Å². The maximum Gasteiger partial charge on any atom is 0.189 e. The zero-order valence-electron chi connectivity index (χ0n) is 18.4. The van der Waals surface area contributed by atoms with Crippen LogP contribution in [0.4, 0.5) is 5.82 Å². The van der Waals surface area contributed by atoms with E-state index in [9.17, 15) is 0 Å². The van der Waals surface area contributed by atoms with Gasteiger partial charge in [-0.1, -0.05) is 25.6 Å². The van der Waals surface area contributed by atoms with E-state index in [1.807, 2.05) is 0 Å². The lowest BCUT2D eigenvalue weighted by Gasteiger charge is -2.33.